The van der Waals surface area contributed by atoms with Crippen molar-refractivity contribution in [2.24, 2.45) is 17.8 Å². The summed E-state index contributed by atoms with van der Waals surface area (Å²) in [7, 11) is 2.11. The van der Waals surface area contributed by atoms with Crippen LogP contribution in [-0.4, -0.2) is 62.8 Å². The highest BCUT2D eigenvalue weighted by Crippen LogP contribution is 2.24. The average molecular weight is 864 g/mol. The number of hydrogen-bond donors (Lipinski definition) is 0. The maximum Gasteiger partial charge on any atom is 0.308 e. The molecule has 0 bridgehead atoms. The number of unbranched alkanes of at least 4 members (excludes halogenated alkanes) is 22. The molecule has 0 atom stereocenters. The summed E-state index contributed by atoms with van der Waals surface area (Å²) in [5, 5.41) is 0. The van der Waals surface area contributed by atoms with E-state index in [-0.39, 0.29) is 23.8 Å². The fraction of sp³-hybridized carbons (Fsp3) is 0.944. The van der Waals surface area contributed by atoms with Crippen LogP contribution in [0, 0.1) is 17.8 Å². The molecule has 0 N–H and O–H groups in total. The molecule has 61 heavy (non-hydrogen) atoms. The standard InChI is InChI=1S/C54H105NO6/c1-7-12-28-37-49(38-29-13-8-2)47-52(56)59-44-34-26-22-18-16-20-24-32-41-51(54(58)61-46-36-43-55(6)11-5)42-33-25-21-17-19-23-27-35-45-60-53(57)48-50(39-30-14-9-3)40-31-15-10-4/h49-51H,7-48H2,1-6H3. The lowest BCUT2D eigenvalue weighted by atomic mass is 9.92. The first-order valence-corrected chi connectivity index (χ1v) is 27.0. The van der Waals surface area contributed by atoms with Gasteiger partial charge in [-0.2, -0.15) is 0 Å². The highest BCUT2D eigenvalue weighted by molar-refractivity contribution is 5.72. The molecule has 0 saturated heterocycles. The summed E-state index contributed by atoms with van der Waals surface area (Å²) in [6.07, 6.45) is 42.1. The molecular weight excluding hydrogens is 759 g/mol. The minimum atomic E-state index is 0.0115. The second-order valence-corrected chi connectivity index (χ2v) is 18.9. The number of carbonyl (C=O) groups excluding carboxylic acids is 3. The molecule has 0 aliphatic rings. The van der Waals surface area contributed by atoms with E-state index < -0.39 is 0 Å². The Morgan fingerprint density at radius 3 is 1.03 bits per heavy atom. The molecule has 362 valence electrons. The first-order chi connectivity index (χ1) is 29.8. The number of rotatable bonds is 48. The van der Waals surface area contributed by atoms with Crippen LogP contribution in [0.1, 0.15) is 272 Å². The van der Waals surface area contributed by atoms with Crippen molar-refractivity contribution in [1.82, 2.24) is 4.90 Å². The van der Waals surface area contributed by atoms with Crippen molar-refractivity contribution in [3.63, 3.8) is 0 Å². The molecule has 0 aromatic heterocycles. The second-order valence-electron chi connectivity index (χ2n) is 18.9. The van der Waals surface area contributed by atoms with Crippen molar-refractivity contribution in [3.05, 3.63) is 0 Å². The number of esters is 3. The molecular formula is C54H105NO6. The molecule has 0 aromatic rings. The van der Waals surface area contributed by atoms with Crippen LogP contribution in [0.3, 0.4) is 0 Å². The largest absolute Gasteiger partial charge is 0.466 e. The molecule has 0 radical (unpaired) electrons. The Hall–Kier alpha value is -1.63. The van der Waals surface area contributed by atoms with Crippen molar-refractivity contribution in [2.75, 3.05) is 40.0 Å². The van der Waals surface area contributed by atoms with Gasteiger partial charge in [0.25, 0.3) is 0 Å². The molecule has 0 aromatic carbocycles. The lowest BCUT2D eigenvalue weighted by molar-refractivity contribution is -0.149. The van der Waals surface area contributed by atoms with E-state index in [4.69, 9.17) is 14.2 Å². The summed E-state index contributed by atoms with van der Waals surface area (Å²) >= 11 is 0. The predicted octanol–water partition coefficient (Wildman–Crippen LogP) is 15.9. The fourth-order valence-corrected chi connectivity index (χ4v) is 8.66. The van der Waals surface area contributed by atoms with Crippen LogP contribution in [0.2, 0.25) is 0 Å². The van der Waals surface area contributed by atoms with Gasteiger partial charge in [0.1, 0.15) is 0 Å². The Balaban J connectivity index is 4.26. The Bertz CT molecular complexity index is 878. The van der Waals surface area contributed by atoms with Gasteiger partial charge in [0.15, 0.2) is 0 Å². The minimum absolute atomic E-state index is 0.0115. The third-order valence-electron chi connectivity index (χ3n) is 13.0. The first-order valence-electron chi connectivity index (χ1n) is 27.0. The zero-order valence-corrected chi connectivity index (χ0v) is 41.8. The van der Waals surface area contributed by atoms with Gasteiger partial charge in [-0.1, -0.05) is 202 Å². The minimum Gasteiger partial charge on any atom is -0.466 e. The van der Waals surface area contributed by atoms with E-state index in [0.717, 1.165) is 96.6 Å². The van der Waals surface area contributed by atoms with Crippen LogP contribution in [0.5, 0.6) is 0 Å². The molecule has 7 nitrogen and oxygen atoms in total. The molecule has 0 rings (SSSR count). The first kappa shape index (κ1) is 59.4. The van der Waals surface area contributed by atoms with Crippen molar-refractivity contribution in [1.29, 1.82) is 0 Å². The van der Waals surface area contributed by atoms with E-state index in [0.29, 0.717) is 44.5 Å². The normalized spacial score (nSPS) is 11.7. The number of hydrogen-bond acceptors (Lipinski definition) is 7. The van der Waals surface area contributed by atoms with Crippen LogP contribution in [0.25, 0.3) is 0 Å². The zero-order valence-electron chi connectivity index (χ0n) is 41.8. The van der Waals surface area contributed by atoms with Crippen LogP contribution < -0.4 is 0 Å². The third kappa shape index (κ3) is 40.9. The molecule has 0 saturated carbocycles. The van der Waals surface area contributed by atoms with Gasteiger partial charge in [0.2, 0.25) is 0 Å². The van der Waals surface area contributed by atoms with Crippen molar-refractivity contribution in [2.45, 2.75) is 272 Å². The molecule has 0 heterocycles. The summed E-state index contributed by atoms with van der Waals surface area (Å²) in [6, 6.07) is 0. The van der Waals surface area contributed by atoms with E-state index >= 15 is 0 Å². The third-order valence-corrected chi connectivity index (χ3v) is 13.0. The monoisotopic (exact) mass is 864 g/mol. The summed E-state index contributed by atoms with van der Waals surface area (Å²) in [4.78, 5) is 40.4. The van der Waals surface area contributed by atoms with Crippen LogP contribution in [-0.2, 0) is 28.6 Å². The summed E-state index contributed by atoms with van der Waals surface area (Å²) < 4.78 is 17.1. The summed E-state index contributed by atoms with van der Waals surface area (Å²) in [5.74, 6) is 1.06. The van der Waals surface area contributed by atoms with Crippen molar-refractivity contribution < 1.29 is 28.6 Å². The van der Waals surface area contributed by atoms with E-state index in [2.05, 4.69) is 46.6 Å². The lowest BCUT2D eigenvalue weighted by Crippen LogP contribution is -2.23. The highest BCUT2D eigenvalue weighted by Gasteiger charge is 2.20. The Morgan fingerprint density at radius 2 is 0.689 bits per heavy atom. The van der Waals surface area contributed by atoms with Gasteiger partial charge >= 0.3 is 17.9 Å². The fourth-order valence-electron chi connectivity index (χ4n) is 8.66. The van der Waals surface area contributed by atoms with E-state index in [9.17, 15) is 14.4 Å². The molecule has 0 unspecified atom stereocenters. The lowest BCUT2D eigenvalue weighted by Gasteiger charge is -2.17. The number of ether oxygens (including phenoxy) is 3. The average Bonchev–Trinajstić information content (AvgIpc) is 3.25. The molecule has 7 heteroatoms. The topological polar surface area (TPSA) is 82.1 Å². The number of nitrogens with zero attached hydrogens (tertiary/aromatic N) is 1. The van der Waals surface area contributed by atoms with Gasteiger partial charge in [-0.15, -0.1) is 0 Å². The van der Waals surface area contributed by atoms with Gasteiger partial charge in [0.05, 0.1) is 25.7 Å². The van der Waals surface area contributed by atoms with Gasteiger partial charge in [0, 0.05) is 19.4 Å². The van der Waals surface area contributed by atoms with Crippen molar-refractivity contribution >= 4 is 17.9 Å². The highest BCUT2D eigenvalue weighted by atomic mass is 16.5. The Kier molecular flexibility index (Phi) is 45.1. The second kappa shape index (κ2) is 46.4. The quantitative estimate of drug-likeness (QED) is 0.0342. The zero-order chi connectivity index (χ0) is 44.9. The van der Waals surface area contributed by atoms with Gasteiger partial charge in [-0.3, -0.25) is 14.4 Å². The maximum absolute atomic E-state index is 13.1. The smallest absolute Gasteiger partial charge is 0.308 e. The SMILES string of the molecule is CCCCCC(CCCCC)CC(=O)OCCCCCCCCCCC(CCCCCCCCCCOC(=O)CC(CCCCC)CCCCC)C(=O)OCCCN(C)CC. The van der Waals surface area contributed by atoms with Gasteiger partial charge < -0.3 is 19.1 Å². The van der Waals surface area contributed by atoms with Gasteiger partial charge in [-0.25, -0.2) is 0 Å². The molecule has 0 aliphatic carbocycles. The van der Waals surface area contributed by atoms with E-state index in [1.54, 1.807) is 0 Å². The molecule has 0 spiro atoms. The summed E-state index contributed by atoms with van der Waals surface area (Å²) in [5.41, 5.74) is 0. The molecule has 0 aliphatic heterocycles. The van der Waals surface area contributed by atoms with Crippen molar-refractivity contribution in [3.8, 4) is 0 Å². The van der Waals surface area contributed by atoms with Crippen LogP contribution in [0.15, 0.2) is 0 Å². The predicted molar refractivity (Wildman–Crippen MR) is 260 cm³/mol. The Morgan fingerprint density at radius 1 is 0.377 bits per heavy atom. The van der Waals surface area contributed by atoms with E-state index in [1.807, 2.05) is 0 Å². The summed E-state index contributed by atoms with van der Waals surface area (Å²) in [6.45, 7) is 14.8. The number of carbonyl (C=O) groups is 3. The molecule has 0 fully saturated rings. The Labute approximate surface area is 380 Å². The van der Waals surface area contributed by atoms with Gasteiger partial charge in [-0.05, 0) is 83.2 Å². The van der Waals surface area contributed by atoms with Crippen LogP contribution >= 0.6 is 0 Å². The maximum atomic E-state index is 13.1. The molecule has 0 amide bonds. The van der Waals surface area contributed by atoms with Crippen LogP contribution in [0.4, 0.5) is 0 Å². The van der Waals surface area contributed by atoms with E-state index in [1.165, 1.54) is 141 Å².